The molecule has 0 saturated heterocycles. The average Bonchev–Trinajstić information content (AvgIpc) is 2.49. The normalized spacial score (nSPS) is 10.2. The van der Waals surface area contributed by atoms with Gasteiger partial charge in [-0.3, -0.25) is 4.79 Å². The first-order valence-electron chi connectivity index (χ1n) is 3.80. The lowest BCUT2D eigenvalue weighted by atomic mass is 10.3. The zero-order chi connectivity index (χ0) is 9.26. The maximum Gasteiger partial charge on any atom is 0.221 e. The Morgan fingerprint density at radius 1 is 1.62 bits per heavy atom. The number of hydrogen-bond acceptors (Lipinski definition) is 3. The quantitative estimate of drug-likeness (QED) is 0.749. The molecule has 1 aromatic carbocycles. The molecule has 13 heavy (non-hydrogen) atoms. The Labute approximate surface area is 79.4 Å². The molecule has 1 N–H and O–H groups in total. The average molecular weight is 191 g/mol. The second-order valence-corrected chi connectivity index (χ2v) is 3.50. The zero-order valence-electron chi connectivity index (χ0n) is 7.00. The van der Waals surface area contributed by atoms with Gasteiger partial charge in [0.1, 0.15) is 0 Å². The van der Waals surface area contributed by atoms with E-state index in [1.54, 1.807) is 0 Å². The van der Waals surface area contributed by atoms with E-state index in [0.717, 1.165) is 15.9 Å². The number of carbonyl (C=O) groups excluding carboxylic acids is 1. The van der Waals surface area contributed by atoms with E-state index in [0.29, 0.717) is 0 Å². The summed E-state index contributed by atoms with van der Waals surface area (Å²) in [5.74, 6) is -0.0708. The van der Waals surface area contributed by atoms with Gasteiger partial charge >= 0.3 is 0 Å². The molecular weight excluding hydrogens is 184 g/mol. The first-order valence-corrected chi connectivity index (χ1v) is 4.61. The number of anilines is 1. The van der Waals surface area contributed by atoms with Crippen molar-refractivity contribution in [3.63, 3.8) is 0 Å². The van der Waals surface area contributed by atoms with Crippen LogP contribution in [-0.2, 0) is 4.79 Å². The zero-order valence-corrected chi connectivity index (χ0v) is 7.81. The minimum absolute atomic E-state index is 0.0708. The lowest BCUT2D eigenvalue weighted by Crippen LogP contribution is -2.05. The van der Waals surface area contributed by atoms with Crippen molar-refractivity contribution < 1.29 is 4.79 Å². The molecule has 0 aliphatic heterocycles. The number of nitrogens with one attached hydrogen (secondary N) is 1. The number of fused-ring (bicyclic) bond motifs is 1. The molecule has 4 heteroatoms. The number of benzene rings is 1. The maximum absolute atomic E-state index is 10.8. The molecule has 1 radical (unpaired) electrons. The predicted octanol–water partition coefficient (Wildman–Crippen LogP) is 2.05. The minimum Gasteiger partial charge on any atom is -0.326 e. The summed E-state index contributed by atoms with van der Waals surface area (Å²) in [5.41, 5.74) is 4.45. The second kappa shape index (κ2) is 3.14. The van der Waals surface area contributed by atoms with Gasteiger partial charge in [0.25, 0.3) is 0 Å². The molecule has 0 saturated carbocycles. The number of amides is 1. The summed E-state index contributed by atoms with van der Waals surface area (Å²) in [7, 11) is 0. The third-order valence-corrected chi connectivity index (χ3v) is 2.35. The molecule has 0 spiro atoms. The summed E-state index contributed by atoms with van der Waals surface area (Å²) in [5, 5.41) is 2.70. The summed E-state index contributed by atoms with van der Waals surface area (Å²) in [6.45, 7) is 1.48. The molecule has 0 unspecified atom stereocenters. The smallest absolute Gasteiger partial charge is 0.221 e. The summed E-state index contributed by atoms with van der Waals surface area (Å²) >= 11 is 1.47. The van der Waals surface area contributed by atoms with Crippen LogP contribution in [0, 0.1) is 5.51 Å². The van der Waals surface area contributed by atoms with Gasteiger partial charge in [-0.15, -0.1) is 11.3 Å². The molecule has 2 rings (SSSR count). The van der Waals surface area contributed by atoms with E-state index in [1.807, 2.05) is 18.2 Å². The van der Waals surface area contributed by atoms with Gasteiger partial charge in [0.2, 0.25) is 5.91 Å². The predicted molar refractivity (Wildman–Crippen MR) is 52.8 cm³/mol. The van der Waals surface area contributed by atoms with Crippen molar-refractivity contribution >= 4 is 33.1 Å². The van der Waals surface area contributed by atoms with E-state index < -0.39 is 0 Å². The molecule has 0 fully saturated rings. The van der Waals surface area contributed by atoms with Crippen LogP contribution in [0.5, 0.6) is 0 Å². The molecule has 2 aromatic rings. The molecule has 0 atom stereocenters. The van der Waals surface area contributed by atoms with Crippen LogP contribution in [0.4, 0.5) is 5.69 Å². The van der Waals surface area contributed by atoms with Crippen LogP contribution < -0.4 is 5.32 Å². The molecular formula is C9H7N2OS. The number of nitrogens with zero attached hydrogens (tertiary/aromatic N) is 1. The first kappa shape index (κ1) is 8.19. The highest BCUT2D eigenvalue weighted by molar-refractivity contribution is 7.16. The Bertz CT molecular complexity index is 450. The maximum atomic E-state index is 10.8. The lowest BCUT2D eigenvalue weighted by molar-refractivity contribution is -0.114. The highest BCUT2D eigenvalue weighted by atomic mass is 32.1. The van der Waals surface area contributed by atoms with E-state index in [4.69, 9.17) is 0 Å². The van der Waals surface area contributed by atoms with Gasteiger partial charge in [0, 0.05) is 12.6 Å². The first-order chi connectivity index (χ1) is 6.25. The molecule has 1 heterocycles. The van der Waals surface area contributed by atoms with Gasteiger partial charge in [-0.2, -0.15) is 0 Å². The van der Waals surface area contributed by atoms with Crippen LogP contribution >= 0.6 is 11.3 Å². The van der Waals surface area contributed by atoms with Crippen molar-refractivity contribution in [3.05, 3.63) is 23.7 Å². The molecule has 65 valence electrons. The Balaban J connectivity index is 2.42. The van der Waals surface area contributed by atoms with Crippen LogP contribution in [-0.4, -0.2) is 10.9 Å². The fraction of sp³-hybridized carbons (Fsp3) is 0.111. The van der Waals surface area contributed by atoms with Gasteiger partial charge < -0.3 is 5.32 Å². The van der Waals surface area contributed by atoms with Gasteiger partial charge in [0.05, 0.1) is 10.2 Å². The minimum atomic E-state index is -0.0708. The van der Waals surface area contributed by atoms with Crippen LogP contribution in [0.15, 0.2) is 18.2 Å². The van der Waals surface area contributed by atoms with Gasteiger partial charge in [-0.1, -0.05) is 0 Å². The third kappa shape index (κ3) is 1.67. The summed E-state index contributed by atoms with van der Waals surface area (Å²) < 4.78 is 1.08. The van der Waals surface area contributed by atoms with Crippen LogP contribution in [0.2, 0.25) is 0 Å². The van der Waals surface area contributed by atoms with Gasteiger partial charge in [-0.05, 0) is 18.2 Å². The third-order valence-electron chi connectivity index (χ3n) is 1.60. The van der Waals surface area contributed by atoms with Gasteiger partial charge in [-0.25, -0.2) is 4.98 Å². The van der Waals surface area contributed by atoms with E-state index in [-0.39, 0.29) is 5.91 Å². The van der Waals surface area contributed by atoms with Crippen LogP contribution in [0.25, 0.3) is 10.2 Å². The highest BCUT2D eigenvalue weighted by Crippen LogP contribution is 2.20. The van der Waals surface area contributed by atoms with E-state index in [2.05, 4.69) is 15.8 Å². The van der Waals surface area contributed by atoms with Crippen LogP contribution in [0.3, 0.4) is 0 Å². The van der Waals surface area contributed by atoms with Crippen molar-refractivity contribution in [1.29, 1.82) is 0 Å². The van der Waals surface area contributed by atoms with Crippen molar-refractivity contribution in [1.82, 2.24) is 4.98 Å². The number of aromatic nitrogens is 1. The van der Waals surface area contributed by atoms with E-state index in [1.165, 1.54) is 18.3 Å². The van der Waals surface area contributed by atoms with Crippen LogP contribution in [0.1, 0.15) is 6.92 Å². The Morgan fingerprint density at radius 3 is 3.23 bits per heavy atom. The lowest BCUT2D eigenvalue weighted by Gasteiger charge is -1.99. The van der Waals surface area contributed by atoms with Crippen molar-refractivity contribution in [3.8, 4) is 0 Å². The molecule has 3 nitrogen and oxygen atoms in total. The molecule has 0 aliphatic rings. The monoisotopic (exact) mass is 191 g/mol. The Kier molecular flexibility index (Phi) is 1.98. The molecule has 0 aliphatic carbocycles. The highest BCUT2D eigenvalue weighted by Gasteiger charge is 1.99. The SMILES string of the molecule is CC(=O)Nc1ccc2s[c]nc2c1. The number of carbonyl (C=O) groups is 1. The topological polar surface area (TPSA) is 42.0 Å². The Hall–Kier alpha value is -1.42. The molecule has 0 bridgehead atoms. The number of thiazole rings is 1. The van der Waals surface area contributed by atoms with Crippen molar-refractivity contribution in [2.45, 2.75) is 6.92 Å². The largest absolute Gasteiger partial charge is 0.326 e. The van der Waals surface area contributed by atoms with Crippen molar-refractivity contribution in [2.75, 3.05) is 5.32 Å². The molecule has 1 aromatic heterocycles. The summed E-state index contributed by atoms with van der Waals surface area (Å²) in [6.07, 6.45) is 0. The van der Waals surface area contributed by atoms with E-state index in [9.17, 15) is 4.79 Å². The number of rotatable bonds is 1. The second-order valence-electron chi connectivity index (χ2n) is 2.67. The summed E-state index contributed by atoms with van der Waals surface area (Å²) in [4.78, 5) is 14.8. The fourth-order valence-electron chi connectivity index (χ4n) is 1.09. The van der Waals surface area contributed by atoms with E-state index >= 15 is 0 Å². The number of hydrogen-bond donors (Lipinski definition) is 1. The summed E-state index contributed by atoms with van der Waals surface area (Å²) in [6, 6.07) is 5.62. The standard InChI is InChI=1S/C9H7N2OS/c1-6(12)11-7-2-3-9-8(4-7)10-5-13-9/h2-4H,1H3,(H,11,12). The fourth-order valence-corrected chi connectivity index (χ4v) is 1.68. The van der Waals surface area contributed by atoms with Crippen molar-refractivity contribution in [2.24, 2.45) is 0 Å². The van der Waals surface area contributed by atoms with Gasteiger partial charge in [0.15, 0.2) is 5.51 Å². The Morgan fingerprint density at radius 2 is 2.46 bits per heavy atom. The molecule has 1 amide bonds.